The lowest BCUT2D eigenvalue weighted by Crippen LogP contribution is -2.40. The number of nitrogens with one attached hydrogen (secondary N) is 1. The van der Waals surface area contributed by atoms with Crippen LogP contribution in [0.15, 0.2) is 18.2 Å². The van der Waals surface area contributed by atoms with E-state index in [0.29, 0.717) is 17.8 Å². The Kier molecular flexibility index (Phi) is 4.45. The Bertz CT molecular complexity index is 601. The first-order valence-electron chi connectivity index (χ1n) is 7.32. The Morgan fingerprint density at radius 3 is 2.86 bits per heavy atom. The molecule has 22 heavy (non-hydrogen) atoms. The largest absolute Gasteiger partial charge is 0.444 e. The Labute approximate surface area is 130 Å². The maximum absolute atomic E-state index is 11.8. The van der Waals surface area contributed by atoms with Gasteiger partial charge in [0.2, 0.25) is 0 Å². The Balaban J connectivity index is 1.96. The van der Waals surface area contributed by atoms with Crippen LogP contribution in [0, 0.1) is 11.3 Å². The van der Waals surface area contributed by atoms with E-state index in [1.807, 2.05) is 26.8 Å². The van der Waals surface area contributed by atoms with E-state index in [1.165, 1.54) is 0 Å². The molecule has 1 aromatic carbocycles. The second-order valence-electron chi connectivity index (χ2n) is 6.46. The number of anilines is 2. The van der Waals surface area contributed by atoms with E-state index in [4.69, 9.17) is 15.7 Å². The van der Waals surface area contributed by atoms with Gasteiger partial charge < -0.3 is 20.7 Å². The fourth-order valence-corrected chi connectivity index (χ4v) is 2.42. The molecule has 0 unspecified atom stereocenters. The van der Waals surface area contributed by atoms with E-state index in [1.54, 1.807) is 12.1 Å². The summed E-state index contributed by atoms with van der Waals surface area (Å²) in [5.74, 6) is 0. The van der Waals surface area contributed by atoms with Gasteiger partial charge in [0.05, 0.1) is 11.6 Å². The Morgan fingerprint density at radius 1 is 1.50 bits per heavy atom. The monoisotopic (exact) mass is 302 g/mol. The fraction of sp³-hybridized carbons (Fsp3) is 0.500. The predicted octanol–water partition coefficient (Wildman–Crippen LogP) is 2.24. The molecule has 1 heterocycles. The van der Waals surface area contributed by atoms with E-state index >= 15 is 0 Å². The normalized spacial score (nSPS) is 17.9. The molecule has 6 heteroatoms. The van der Waals surface area contributed by atoms with Crippen molar-refractivity contribution in [2.45, 2.75) is 38.8 Å². The maximum atomic E-state index is 11.8. The van der Waals surface area contributed by atoms with Crippen molar-refractivity contribution in [1.82, 2.24) is 5.32 Å². The summed E-state index contributed by atoms with van der Waals surface area (Å²) >= 11 is 0. The van der Waals surface area contributed by atoms with Crippen molar-refractivity contribution in [2.24, 2.45) is 0 Å². The molecule has 2 rings (SSSR count). The first-order valence-corrected chi connectivity index (χ1v) is 7.32. The zero-order valence-electron chi connectivity index (χ0n) is 13.2. The number of hydrogen-bond acceptors (Lipinski definition) is 5. The SMILES string of the molecule is CC(C)(C)OC(=O)N[C@H]1CCN(c2ccc(N)c(C#N)c2)C1. The molecule has 0 spiro atoms. The third-order valence-electron chi connectivity index (χ3n) is 3.43. The van der Waals surface area contributed by atoms with Crippen molar-refractivity contribution in [2.75, 3.05) is 23.7 Å². The lowest BCUT2D eigenvalue weighted by atomic mass is 10.1. The van der Waals surface area contributed by atoms with Gasteiger partial charge in [-0.3, -0.25) is 0 Å². The zero-order chi connectivity index (χ0) is 16.3. The predicted molar refractivity (Wildman–Crippen MR) is 85.6 cm³/mol. The van der Waals surface area contributed by atoms with Crippen LogP contribution >= 0.6 is 0 Å². The molecule has 1 fully saturated rings. The number of nitriles is 1. The minimum atomic E-state index is -0.499. The van der Waals surface area contributed by atoms with Gasteiger partial charge in [0.25, 0.3) is 0 Å². The number of carbonyl (C=O) groups is 1. The van der Waals surface area contributed by atoms with Crippen molar-refractivity contribution in [3.8, 4) is 6.07 Å². The number of nitrogens with zero attached hydrogens (tertiary/aromatic N) is 2. The first kappa shape index (κ1) is 16.0. The fourth-order valence-electron chi connectivity index (χ4n) is 2.42. The molecule has 1 aliphatic rings. The van der Waals surface area contributed by atoms with Crippen LogP contribution in [0.1, 0.15) is 32.8 Å². The number of nitrogen functional groups attached to an aromatic ring is 1. The molecule has 0 aliphatic carbocycles. The van der Waals surface area contributed by atoms with Crippen molar-refractivity contribution in [1.29, 1.82) is 5.26 Å². The van der Waals surface area contributed by atoms with Crippen LogP contribution in [0.3, 0.4) is 0 Å². The van der Waals surface area contributed by atoms with Gasteiger partial charge in [0.1, 0.15) is 11.7 Å². The van der Waals surface area contributed by atoms with Crippen LogP contribution in [0.25, 0.3) is 0 Å². The van der Waals surface area contributed by atoms with Crippen LogP contribution in [0.4, 0.5) is 16.2 Å². The van der Waals surface area contributed by atoms with Crippen molar-refractivity contribution in [3.05, 3.63) is 23.8 Å². The molecular formula is C16H22N4O2. The number of amides is 1. The second-order valence-corrected chi connectivity index (χ2v) is 6.46. The van der Waals surface area contributed by atoms with Gasteiger partial charge >= 0.3 is 6.09 Å². The third kappa shape index (κ3) is 4.04. The summed E-state index contributed by atoms with van der Waals surface area (Å²) in [6, 6.07) is 7.54. The minimum absolute atomic E-state index is 0.0398. The van der Waals surface area contributed by atoms with Crippen molar-refractivity contribution < 1.29 is 9.53 Å². The number of benzene rings is 1. The molecule has 0 aromatic heterocycles. The molecule has 3 N–H and O–H groups in total. The van der Waals surface area contributed by atoms with Crippen LogP contribution in [-0.2, 0) is 4.74 Å². The lowest BCUT2D eigenvalue weighted by molar-refractivity contribution is 0.0509. The molecule has 1 atom stereocenters. The smallest absolute Gasteiger partial charge is 0.407 e. The van der Waals surface area contributed by atoms with Crippen LogP contribution in [0.2, 0.25) is 0 Å². The van der Waals surface area contributed by atoms with E-state index in [-0.39, 0.29) is 6.04 Å². The second kappa shape index (κ2) is 6.14. The molecule has 0 saturated carbocycles. The average Bonchev–Trinajstić information content (AvgIpc) is 2.85. The summed E-state index contributed by atoms with van der Waals surface area (Å²) in [6.45, 7) is 7.02. The maximum Gasteiger partial charge on any atom is 0.407 e. The summed E-state index contributed by atoms with van der Waals surface area (Å²) in [4.78, 5) is 13.9. The number of rotatable bonds is 2. The van der Waals surface area contributed by atoms with Gasteiger partial charge in [-0.2, -0.15) is 5.26 Å². The van der Waals surface area contributed by atoms with E-state index in [2.05, 4.69) is 16.3 Å². The molecule has 1 aromatic rings. The molecule has 1 aliphatic heterocycles. The number of hydrogen-bond donors (Lipinski definition) is 2. The van der Waals surface area contributed by atoms with E-state index in [9.17, 15) is 4.79 Å². The molecule has 118 valence electrons. The Hall–Kier alpha value is -2.42. The molecular weight excluding hydrogens is 280 g/mol. The highest BCUT2D eigenvalue weighted by atomic mass is 16.6. The average molecular weight is 302 g/mol. The van der Waals surface area contributed by atoms with Crippen molar-refractivity contribution >= 4 is 17.5 Å². The summed E-state index contributed by atoms with van der Waals surface area (Å²) in [7, 11) is 0. The number of alkyl carbamates (subject to hydrolysis) is 1. The summed E-state index contributed by atoms with van der Waals surface area (Å²) in [5.41, 5.74) is 7.13. The molecule has 6 nitrogen and oxygen atoms in total. The highest BCUT2D eigenvalue weighted by molar-refractivity contribution is 5.68. The van der Waals surface area contributed by atoms with Crippen molar-refractivity contribution in [3.63, 3.8) is 0 Å². The van der Waals surface area contributed by atoms with Crippen LogP contribution in [-0.4, -0.2) is 30.8 Å². The zero-order valence-corrected chi connectivity index (χ0v) is 13.2. The number of carbonyl (C=O) groups excluding carboxylic acids is 1. The number of nitrogens with two attached hydrogens (primary N) is 1. The number of ether oxygens (including phenoxy) is 1. The topological polar surface area (TPSA) is 91.4 Å². The van der Waals surface area contributed by atoms with E-state index < -0.39 is 11.7 Å². The summed E-state index contributed by atoms with van der Waals surface area (Å²) in [5, 5.41) is 11.9. The Morgan fingerprint density at radius 2 is 2.23 bits per heavy atom. The summed E-state index contributed by atoms with van der Waals surface area (Å²) in [6.07, 6.45) is 0.445. The van der Waals surface area contributed by atoms with Gasteiger partial charge in [-0.05, 0) is 45.4 Å². The molecule has 1 saturated heterocycles. The minimum Gasteiger partial charge on any atom is -0.444 e. The van der Waals surface area contributed by atoms with Gasteiger partial charge in [-0.1, -0.05) is 0 Å². The quantitative estimate of drug-likeness (QED) is 0.818. The van der Waals surface area contributed by atoms with Gasteiger partial charge in [0, 0.05) is 24.5 Å². The highest BCUT2D eigenvalue weighted by Gasteiger charge is 2.26. The highest BCUT2D eigenvalue weighted by Crippen LogP contribution is 2.24. The molecule has 0 bridgehead atoms. The van der Waals surface area contributed by atoms with Gasteiger partial charge in [-0.25, -0.2) is 4.79 Å². The molecule has 1 amide bonds. The van der Waals surface area contributed by atoms with Gasteiger partial charge in [0.15, 0.2) is 0 Å². The first-order chi connectivity index (χ1) is 10.3. The van der Waals surface area contributed by atoms with Crippen LogP contribution < -0.4 is 16.0 Å². The van der Waals surface area contributed by atoms with Gasteiger partial charge in [-0.15, -0.1) is 0 Å². The standard InChI is InChI=1S/C16H22N4O2/c1-16(2,3)22-15(21)19-12-6-7-20(10-12)13-4-5-14(18)11(8-13)9-17/h4-5,8,12H,6-7,10,18H2,1-3H3,(H,19,21)/t12-/m0/s1. The molecule has 0 radical (unpaired) electrons. The lowest BCUT2D eigenvalue weighted by Gasteiger charge is -2.22. The van der Waals surface area contributed by atoms with Crippen LogP contribution in [0.5, 0.6) is 0 Å². The third-order valence-corrected chi connectivity index (χ3v) is 3.43. The van der Waals surface area contributed by atoms with E-state index in [0.717, 1.165) is 18.7 Å². The summed E-state index contributed by atoms with van der Waals surface area (Å²) < 4.78 is 5.26.